The van der Waals surface area contributed by atoms with Crippen molar-refractivity contribution in [3.63, 3.8) is 0 Å². The lowest BCUT2D eigenvalue weighted by Gasteiger charge is -2.33. The summed E-state index contributed by atoms with van der Waals surface area (Å²) in [6.45, 7) is 0. The van der Waals surface area contributed by atoms with Crippen LogP contribution in [-0.4, -0.2) is 0 Å². The molecule has 0 N–H and O–H groups in total. The molecule has 0 unspecified atom stereocenters. The Morgan fingerprint density at radius 1 is 0.297 bits per heavy atom. The van der Waals surface area contributed by atoms with Crippen molar-refractivity contribution in [1.29, 1.82) is 0 Å². The van der Waals surface area contributed by atoms with Gasteiger partial charge < -0.3 is 9.80 Å². The Bertz CT molecular complexity index is 3000. The second kappa shape index (κ2) is 16.5. The molecule has 10 aromatic rings. The van der Waals surface area contributed by atoms with Crippen LogP contribution in [0.25, 0.3) is 54.6 Å². The van der Waals surface area contributed by atoms with E-state index in [4.69, 9.17) is 0 Å². The molecule has 0 bridgehead atoms. The van der Waals surface area contributed by atoms with Crippen molar-refractivity contribution in [2.75, 3.05) is 9.80 Å². The highest BCUT2D eigenvalue weighted by molar-refractivity contribution is 6.29. The molecule has 12 rings (SSSR count). The second-order valence-electron chi connectivity index (χ2n) is 18.1. The van der Waals surface area contributed by atoms with Crippen LogP contribution in [0.4, 0.5) is 34.1 Å². The van der Waals surface area contributed by atoms with Gasteiger partial charge in [-0.05, 0) is 130 Å². The maximum Gasteiger partial charge on any atom is 0.0543 e. The summed E-state index contributed by atoms with van der Waals surface area (Å²) >= 11 is 0. The molecule has 2 aliphatic carbocycles. The summed E-state index contributed by atoms with van der Waals surface area (Å²) in [7, 11) is 0. The molecule has 310 valence electrons. The lowest BCUT2D eigenvalue weighted by molar-refractivity contribution is 0.729. The van der Waals surface area contributed by atoms with E-state index in [0.717, 1.165) is 0 Å². The summed E-state index contributed by atoms with van der Waals surface area (Å²) in [5.41, 5.74) is 15.1. The van der Waals surface area contributed by atoms with E-state index in [1.165, 1.54) is 151 Å². The van der Waals surface area contributed by atoms with Crippen molar-refractivity contribution in [2.45, 2.75) is 63.2 Å². The van der Waals surface area contributed by atoms with Gasteiger partial charge >= 0.3 is 0 Å². The van der Waals surface area contributed by atoms with Crippen LogP contribution in [0.15, 0.2) is 206 Å². The van der Waals surface area contributed by atoms with Gasteiger partial charge in [-0.2, -0.15) is 0 Å². The molecule has 2 heteroatoms. The number of anilines is 6. The van der Waals surface area contributed by atoms with E-state index in [9.17, 15) is 0 Å². The lowest BCUT2D eigenvalue weighted by Crippen LogP contribution is -2.14. The molecular weight excluding hydrogens is 773 g/mol. The third-order valence-electron chi connectivity index (χ3n) is 14.5. The molecular formula is C62H52N2. The monoisotopic (exact) mass is 824 g/mol. The Hall–Kier alpha value is -7.16. The van der Waals surface area contributed by atoms with Gasteiger partial charge in [0.15, 0.2) is 0 Å². The molecule has 0 radical (unpaired) electrons. The highest BCUT2D eigenvalue weighted by Crippen LogP contribution is 2.54. The molecule has 0 spiro atoms. The molecule has 64 heavy (non-hydrogen) atoms. The van der Waals surface area contributed by atoms with Crippen LogP contribution in [0.5, 0.6) is 0 Å². The van der Waals surface area contributed by atoms with Crippen LogP contribution >= 0.6 is 0 Å². The SMILES string of the molecule is c1ccc(-c2ccccc2N(c2ccccc2)c2cc(C3CCCC3)c3ccc4c(N(c5ccccc5)c5ccccc5-c5ccccc5)cc(C5CCCC5)c5ccc2c3c54)cc1. The van der Waals surface area contributed by atoms with Gasteiger partial charge in [-0.3, -0.25) is 0 Å². The fourth-order valence-corrected chi connectivity index (χ4v) is 11.6. The molecule has 2 nitrogen and oxygen atoms in total. The molecule has 2 fully saturated rings. The molecule has 0 amide bonds. The number of benzene rings is 10. The number of hydrogen-bond donors (Lipinski definition) is 0. The van der Waals surface area contributed by atoms with Gasteiger partial charge in [0.1, 0.15) is 0 Å². The predicted molar refractivity (Wildman–Crippen MR) is 273 cm³/mol. The lowest BCUT2D eigenvalue weighted by atomic mass is 9.82. The Morgan fingerprint density at radius 2 is 0.625 bits per heavy atom. The minimum atomic E-state index is 0.512. The van der Waals surface area contributed by atoms with E-state index >= 15 is 0 Å². The van der Waals surface area contributed by atoms with Crippen LogP contribution in [0.2, 0.25) is 0 Å². The van der Waals surface area contributed by atoms with E-state index in [0.29, 0.717) is 11.8 Å². The molecule has 0 heterocycles. The zero-order chi connectivity index (χ0) is 42.4. The fraction of sp³-hybridized carbons (Fsp3) is 0.161. The number of nitrogens with zero attached hydrogens (tertiary/aromatic N) is 2. The highest BCUT2D eigenvalue weighted by Gasteiger charge is 2.30. The van der Waals surface area contributed by atoms with Crippen LogP contribution in [0.1, 0.15) is 74.3 Å². The quantitative estimate of drug-likeness (QED) is 0.127. The van der Waals surface area contributed by atoms with Crippen molar-refractivity contribution in [3.05, 3.63) is 217 Å². The minimum absolute atomic E-state index is 0.512. The van der Waals surface area contributed by atoms with Crippen LogP contribution in [0.3, 0.4) is 0 Å². The summed E-state index contributed by atoms with van der Waals surface area (Å²) in [4.78, 5) is 5.13. The van der Waals surface area contributed by atoms with E-state index < -0.39 is 0 Å². The summed E-state index contributed by atoms with van der Waals surface area (Å²) < 4.78 is 0. The van der Waals surface area contributed by atoms with Crippen molar-refractivity contribution in [2.24, 2.45) is 0 Å². The van der Waals surface area contributed by atoms with E-state index in [2.05, 4.69) is 216 Å². The van der Waals surface area contributed by atoms with Crippen LogP contribution in [-0.2, 0) is 0 Å². The fourth-order valence-electron chi connectivity index (χ4n) is 11.6. The van der Waals surface area contributed by atoms with Gasteiger partial charge in [-0.15, -0.1) is 0 Å². The first-order valence-electron chi connectivity index (χ1n) is 23.6. The first kappa shape index (κ1) is 38.5. The summed E-state index contributed by atoms with van der Waals surface area (Å²) in [6.07, 6.45) is 10.0. The van der Waals surface area contributed by atoms with E-state index in [1.807, 2.05) is 0 Å². The average Bonchev–Trinajstić information content (AvgIpc) is 4.12. The molecule has 0 aromatic heterocycles. The largest absolute Gasteiger partial charge is 0.309 e. The molecule has 2 saturated carbocycles. The standard InChI is InChI=1S/C62H52N2/c1-5-21-43(22-6-1)49-33-17-19-35-57(49)63(47-29-9-3-10-30-47)59-41-55(45-25-13-14-26-45)51-38-40-54-60(42-56(46-27-15-16-28-46)52-37-39-53(59)61(51)62(52)54)64(48-31-11-4-12-32-48)58-36-20-18-34-50(58)44-23-7-2-8-24-44/h1-12,17-24,29-42,45-46H,13-16,25-28H2. The van der Waals surface area contributed by atoms with Gasteiger partial charge in [0.2, 0.25) is 0 Å². The third-order valence-corrected chi connectivity index (χ3v) is 14.5. The number of rotatable bonds is 10. The summed E-state index contributed by atoms with van der Waals surface area (Å²) in [5.74, 6) is 1.02. The van der Waals surface area contributed by atoms with Crippen molar-refractivity contribution < 1.29 is 0 Å². The van der Waals surface area contributed by atoms with E-state index in [-0.39, 0.29) is 0 Å². The average molecular weight is 825 g/mol. The first-order valence-corrected chi connectivity index (χ1v) is 23.6. The van der Waals surface area contributed by atoms with Crippen LogP contribution in [0, 0.1) is 0 Å². The maximum atomic E-state index is 2.59. The normalized spacial score (nSPS) is 14.6. The molecule has 0 saturated heterocycles. The molecule has 10 aromatic carbocycles. The van der Waals surface area contributed by atoms with Crippen molar-refractivity contribution in [3.8, 4) is 22.3 Å². The first-order chi connectivity index (χ1) is 31.8. The Balaban J connectivity index is 1.21. The van der Waals surface area contributed by atoms with Crippen molar-refractivity contribution in [1.82, 2.24) is 0 Å². The topological polar surface area (TPSA) is 6.48 Å². The molecule has 2 aliphatic rings. The maximum absolute atomic E-state index is 2.59. The summed E-state index contributed by atoms with van der Waals surface area (Å²) in [6, 6.07) is 77.2. The van der Waals surface area contributed by atoms with Crippen LogP contribution < -0.4 is 9.80 Å². The Morgan fingerprint density at radius 3 is 1.02 bits per heavy atom. The second-order valence-corrected chi connectivity index (χ2v) is 18.1. The van der Waals surface area contributed by atoms with E-state index in [1.54, 1.807) is 0 Å². The van der Waals surface area contributed by atoms with Gasteiger partial charge in [0.25, 0.3) is 0 Å². The van der Waals surface area contributed by atoms with Gasteiger partial charge in [0, 0.05) is 33.3 Å². The zero-order valence-corrected chi connectivity index (χ0v) is 36.3. The van der Waals surface area contributed by atoms with Crippen molar-refractivity contribution >= 4 is 66.4 Å². The Labute approximate surface area is 377 Å². The smallest absolute Gasteiger partial charge is 0.0543 e. The number of hydrogen-bond acceptors (Lipinski definition) is 2. The third kappa shape index (κ3) is 6.63. The zero-order valence-electron chi connectivity index (χ0n) is 36.3. The predicted octanol–water partition coefficient (Wildman–Crippen LogP) is 18.2. The Kier molecular flexibility index (Phi) is 9.94. The molecule has 0 aliphatic heterocycles. The molecule has 0 atom stereocenters. The summed E-state index contributed by atoms with van der Waals surface area (Å²) in [5, 5.41) is 8.23. The minimum Gasteiger partial charge on any atom is -0.309 e. The highest BCUT2D eigenvalue weighted by atomic mass is 15.2. The number of para-hydroxylation sites is 4. The van der Waals surface area contributed by atoms with Gasteiger partial charge in [-0.25, -0.2) is 0 Å². The van der Waals surface area contributed by atoms with Gasteiger partial charge in [-0.1, -0.05) is 183 Å². The van der Waals surface area contributed by atoms with Gasteiger partial charge in [0.05, 0.1) is 22.7 Å².